The molecule has 0 bridgehead atoms. The van der Waals surface area contributed by atoms with Gasteiger partial charge in [-0.2, -0.15) is 8.42 Å². The molecule has 0 saturated carbocycles. The van der Waals surface area contributed by atoms with Gasteiger partial charge in [-0.3, -0.25) is 4.55 Å². The molecule has 0 fully saturated rings. The van der Waals surface area contributed by atoms with Crippen LogP contribution in [0.3, 0.4) is 0 Å². The summed E-state index contributed by atoms with van der Waals surface area (Å²) in [6, 6.07) is 6.70. The summed E-state index contributed by atoms with van der Waals surface area (Å²) in [6.45, 7) is 0. The van der Waals surface area contributed by atoms with Crippen molar-refractivity contribution in [2.24, 2.45) is 0 Å². The maximum absolute atomic E-state index is 11.1. The van der Waals surface area contributed by atoms with Crippen molar-refractivity contribution in [3.05, 3.63) is 40.3 Å². The molecule has 0 amide bonds. The molecular formula is C10H6N4O3S+2. The molecule has 0 saturated heterocycles. The fourth-order valence-electron chi connectivity index (χ4n) is 1.64. The summed E-state index contributed by atoms with van der Waals surface area (Å²) in [5.74, 6) is 0. The Morgan fingerprint density at radius 3 is 2.22 bits per heavy atom. The minimum atomic E-state index is -4.45. The van der Waals surface area contributed by atoms with Gasteiger partial charge in [0.2, 0.25) is 10.8 Å². The van der Waals surface area contributed by atoms with Crippen LogP contribution in [0.25, 0.3) is 20.7 Å². The van der Waals surface area contributed by atoms with E-state index in [1.165, 1.54) is 6.07 Å². The predicted octanol–water partition coefficient (Wildman–Crippen LogP) is 3.06. The quantitative estimate of drug-likeness (QED) is 0.627. The predicted molar refractivity (Wildman–Crippen MR) is 63.3 cm³/mol. The molecule has 88 valence electrons. The van der Waals surface area contributed by atoms with Crippen LogP contribution in [0.5, 0.6) is 0 Å². The molecule has 0 aromatic heterocycles. The first-order valence-corrected chi connectivity index (χ1v) is 6.16. The molecule has 0 unspecified atom stereocenters. The summed E-state index contributed by atoms with van der Waals surface area (Å²) in [7, 11) is -4.45. The van der Waals surface area contributed by atoms with Gasteiger partial charge in [0.05, 0.1) is 16.8 Å². The Bertz CT molecular complexity index is 831. The highest BCUT2D eigenvalue weighted by Crippen LogP contribution is 2.35. The molecule has 0 heterocycles. The number of rotatable bonds is 1. The average molecular weight is 262 g/mol. The molecule has 0 atom stereocenters. The number of nitrogens with zero attached hydrogens (tertiary/aromatic N) is 4. The Morgan fingerprint density at radius 1 is 1.00 bits per heavy atom. The maximum atomic E-state index is 11.1. The second-order valence-electron chi connectivity index (χ2n) is 3.49. The number of fused-ring (bicyclic) bond motifs is 1. The van der Waals surface area contributed by atoms with Gasteiger partial charge < -0.3 is 0 Å². The lowest BCUT2D eigenvalue weighted by molar-refractivity contribution is 0.483. The molecule has 8 heteroatoms. The summed E-state index contributed by atoms with van der Waals surface area (Å²) >= 11 is 0. The average Bonchev–Trinajstić information content (AvgIpc) is 2.35. The highest BCUT2D eigenvalue weighted by Gasteiger charge is 2.24. The van der Waals surface area contributed by atoms with Crippen LogP contribution < -0.4 is 0 Å². The van der Waals surface area contributed by atoms with Crippen LogP contribution in [0.4, 0.5) is 11.4 Å². The standard InChI is InChI=1S/C10H5N4O3S/c11-13-9-3-1-2-7-8(9)4-6(18(15,16)17)5-10(7)14-12/h1-5H/q+1/p+1. The van der Waals surface area contributed by atoms with Gasteiger partial charge in [-0.05, 0) is 12.1 Å². The van der Waals surface area contributed by atoms with Crippen LogP contribution in [-0.2, 0) is 10.1 Å². The first-order chi connectivity index (χ1) is 8.47. The topological polar surface area (TPSA) is 111 Å². The minimum absolute atomic E-state index is 0.0503. The van der Waals surface area contributed by atoms with Gasteiger partial charge in [0.25, 0.3) is 10.1 Å². The SMILES string of the molecule is N#[N+]c1cc(S(=O)(=O)O)cc2c([N+]#N)cccc12. The van der Waals surface area contributed by atoms with E-state index < -0.39 is 15.0 Å². The summed E-state index contributed by atoms with van der Waals surface area (Å²) in [5, 5.41) is 18.3. The maximum Gasteiger partial charge on any atom is 0.394 e. The summed E-state index contributed by atoms with van der Waals surface area (Å²) in [4.78, 5) is 5.50. The second kappa shape index (κ2) is 4.04. The lowest BCUT2D eigenvalue weighted by Gasteiger charge is -1.96. The van der Waals surface area contributed by atoms with E-state index in [0.29, 0.717) is 5.39 Å². The number of hydrogen-bond acceptors (Lipinski definition) is 4. The van der Waals surface area contributed by atoms with E-state index in [0.717, 1.165) is 12.1 Å². The molecule has 7 nitrogen and oxygen atoms in total. The normalized spacial score (nSPS) is 10.8. The van der Waals surface area contributed by atoms with E-state index in [-0.39, 0.29) is 16.8 Å². The Kier molecular flexibility index (Phi) is 2.67. The van der Waals surface area contributed by atoms with Crippen LogP contribution >= 0.6 is 0 Å². The highest BCUT2D eigenvalue weighted by molar-refractivity contribution is 7.85. The monoisotopic (exact) mass is 262 g/mol. The molecule has 0 radical (unpaired) electrons. The molecular weight excluding hydrogens is 256 g/mol. The Morgan fingerprint density at radius 2 is 1.67 bits per heavy atom. The van der Waals surface area contributed by atoms with Gasteiger partial charge in [-0.1, -0.05) is 6.07 Å². The van der Waals surface area contributed by atoms with Gasteiger partial charge in [0.1, 0.15) is 4.90 Å². The molecule has 2 aromatic carbocycles. The van der Waals surface area contributed by atoms with Crippen molar-refractivity contribution < 1.29 is 13.0 Å². The highest BCUT2D eigenvalue weighted by atomic mass is 32.2. The van der Waals surface area contributed by atoms with Crippen LogP contribution in [0, 0.1) is 10.8 Å². The van der Waals surface area contributed by atoms with Gasteiger partial charge in [0, 0.05) is 6.07 Å². The summed E-state index contributed by atoms with van der Waals surface area (Å²) < 4.78 is 31.2. The van der Waals surface area contributed by atoms with E-state index in [1.54, 1.807) is 12.1 Å². The van der Waals surface area contributed by atoms with Crippen molar-refractivity contribution in [2.75, 3.05) is 0 Å². The molecule has 0 aliphatic carbocycles. The van der Waals surface area contributed by atoms with Crippen LogP contribution in [-0.4, -0.2) is 13.0 Å². The molecule has 0 aliphatic rings. The number of diazo groups is 2. The first kappa shape index (κ1) is 11.9. The molecule has 2 rings (SSSR count). The van der Waals surface area contributed by atoms with E-state index in [1.807, 2.05) is 0 Å². The van der Waals surface area contributed by atoms with Gasteiger partial charge in [-0.15, -0.1) is 0 Å². The lowest BCUT2D eigenvalue weighted by atomic mass is 10.1. The van der Waals surface area contributed by atoms with Crippen LogP contribution in [0.1, 0.15) is 0 Å². The van der Waals surface area contributed by atoms with E-state index in [2.05, 4.69) is 9.95 Å². The van der Waals surface area contributed by atoms with Crippen molar-refractivity contribution in [2.45, 2.75) is 4.90 Å². The second-order valence-corrected chi connectivity index (χ2v) is 4.91. The number of benzene rings is 2. The third-order valence-corrected chi connectivity index (χ3v) is 3.27. The van der Waals surface area contributed by atoms with Gasteiger partial charge in [0.15, 0.2) is 9.95 Å². The van der Waals surface area contributed by atoms with Crippen LogP contribution in [0.2, 0.25) is 0 Å². The minimum Gasteiger partial charge on any atom is -0.282 e. The Labute approximate surface area is 102 Å². The van der Waals surface area contributed by atoms with E-state index in [4.69, 9.17) is 15.3 Å². The largest absolute Gasteiger partial charge is 0.394 e. The fourth-order valence-corrected chi connectivity index (χ4v) is 2.17. The summed E-state index contributed by atoms with van der Waals surface area (Å²) in [6.07, 6.45) is 0. The molecule has 0 aliphatic heterocycles. The van der Waals surface area contributed by atoms with Crippen molar-refractivity contribution in [3.63, 3.8) is 0 Å². The number of hydrogen-bond donors (Lipinski definition) is 1. The third kappa shape index (κ3) is 1.86. The van der Waals surface area contributed by atoms with Gasteiger partial charge >= 0.3 is 11.4 Å². The third-order valence-electron chi connectivity index (χ3n) is 2.44. The van der Waals surface area contributed by atoms with E-state index in [9.17, 15) is 8.42 Å². The molecule has 0 spiro atoms. The van der Waals surface area contributed by atoms with Crippen molar-refractivity contribution in [3.8, 4) is 0 Å². The van der Waals surface area contributed by atoms with Crippen molar-refractivity contribution >= 4 is 32.3 Å². The van der Waals surface area contributed by atoms with Gasteiger partial charge in [-0.25, -0.2) is 0 Å². The van der Waals surface area contributed by atoms with Crippen molar-refractivity contribution in [1.82, 2.24) is 0 Å². The molecule has 2 aromatic rings. The molecule has 1 N–H and O–H groups in total. The summed E-state index contributed by atoms with van der Waals surface area (Å²) in [5.41, 5.74) is 0.0496. The zero-order valence-corrected chi connectivity index (χ0v) is 9.66. The lowest BCUT2D eigenvalue weighted by Crippen LogP contribution is -1.97. The van der Waals surface area contributed by atoms with E-state index >= 15 is 0 Å². The Balaban J connectivity index is 3.01. The molecule has 18 heavy (non-hydrogen) atoms. The first-order valence-electron chi connectivity index (χ1n) is 4.72. The zero-order chi connectivity index (χ0) is 13.3. The van der Waals surface area contributed by atoms with Crippen molar-refractivity contribution in [1.29, 1.82) is 10.8 Å². The smallest absolute Gasteiger partial charge is 0.282 e. The van der Waals surface area contributed by atoms with Crippen LogP contribution in [0.15, 0.2) is 35.2 Å². The fraction of sp³-hybridized carbons (Fsp3) is 0. The Hall–Kier alpha value is -2.55. The zero-order valence-electron chi connectivity index (χ0n) is 8.85.